The fourth-order valence-electron chi connectivity index (χ4n) is 1.60. The lowest BCUT2D eigenvalue weighted by molar-refractivity contribution is 0.0694. The topological polar surface area (TPSA) is 134 Å². The maximum atomic E-state index is 12.0. The average Bonchev–Trinajstić information content (AvgIpc) is 2.91. The second-order valence-electron chi connectivity index (χ2n) is 4.10. The van der Waals surface area contributed by atoms with Crippen molar-refractivity contribution in [3.8, 4) is 0 Å². The first kappa shape index (κ1) is 13.6. The molecule has 0 fully saturated rings. The summed E-state index contributed by atoms with van der Waals surface area (Å²) in [5.41, 5.74) is 0.466. The zero-order chi connectivity index (χ0) is 14.7. The van der Waals surface area contributed by atoms with Crippen LogP contribution in [0.4, 0.5) is 0 Å². The quantitative estimate of drug-likeness (QED) is 0.720. The molecule has 9 nitrogen and oxygen atoms in total. The molecule has 2 aromatic rings. The lowest BCUT2D eigenvalue weighted by Gasteiger charge is -2.10. The Bertz CT molecular complexity index is 640. The van der Waals surface area contributed by atoms with Gasteiger partial charge in [0.1, 0.15) is 5.69 Å². The van der Waals surface area contributed by atoms with Crippen molar-refractivity contribution in [1.82, 2.24) is 30.9 Å². The van der Waals surface area contributed by atoms with Gasteiger partial charge in [0.05, 0.1) is 17.3 Å². The Labute approximate surface area is 113 Å². The number of pyridine rings is 1. The summed E-state index contributed by atoms with van der Waals surface area (Å²) in [5.74, 6) is -1.18. The van der Waals surface area contributed by atoms with Gasteiger partial charge >= 0.3 is 5.97 Å². The number of amides is 1. The molecule has 2 rings (SSSR count). The molecule has 0 bridgehead atoms. The Morgan fingerprint density at radius 3 is 2.70 bits per heavy atom. The molecule has 20 heavy (non-hydrogen) atoms. The maximum absolute atomic E-state index is 12.0. The van der Waals surface area contributed by atoms with Crippen molar-refractivity contribution < 1.29 is 14.7 Å². The summed E-state index contributed by atoms with van der Waals surface area (Å²) in [7, 11) is 0. The largest absolute Gasteiger partial charge is 0.478 e. The Morgan fingerprint density at radius 2 is 2.15 bits per heavy atom. The van der Waals surface area contributed by atoms with E-state index in [9.17, 15) is 9.59 Å². The number of hydrogen-bond donors (Lipinski definition) is 3. The summed E-state index contributed by atoms with van der Waals surface area (Å²) in [6, 6.07) is 2.26. The fraction of sp³-hybridized carbons (Fsp3) is 0.273. The van der Waals surface area contributed by atoms with Crippen LogP contribution in [0.3, 0.4) is 0 Å². The smallest absolute Gasteiger partial charge is 0.337 e. The monoisotopic (exact) mass is 276 g/mol. The average molecular weight is 276 g/mol. The van der Waals surface area contributed by atoms with Gasteiger partial charge in [0, 0.05) is 0 Å². The number of hydrogen-bond acceptors (Lipinski definition) is 6. The van der Waals surface area contributed by atoms with Gasteiger partial charge in [-0.05, 0) is 26.0 Å². The van der Waals surface area contributed by atoms with Gasteiger partial charge in [-0.3, -0.25) is 4.79 Å². The van der Waals surface area contributed by atoms with Crippen LogP contribution in [0, 0.1) is 6.92 Å². The van der Waals surface area contributed by atoms with Crippen molar-refractivity contribution >= 4 is 11.9 Å². The first-order valence-electron chi connectivity index (χ1n) is 5.74. The summed E-state index contributed by atoms with van der Waals surface area (Å²) in [5, 5.41) is 24.7. The Kier molecular flexibility index (Phi) is 3.69. The van der Waals surface area contributed by atoms with Crippen LogP contribution in [0.1, 0.15) is 45.3 Å². The van der Waals surface area contributed by atoms with E-state index in [1.54, 1.807) is 6.92 Å². The number of aromatic carboxylic acids is 1. The zero-order valence-electron chi connectivity index (χ0n) is 10.8. The first-order chi connectivity index (χ1) is 9.49. The molecule has 0 radical (unpaired) electrons. The van der Waals surface area contributed by atoms with Gasteiger partial charge in [0.15, 0.2) is 5.82 Å². The minimum absolute atomic E-state index is 0.0627. The lowest BCUT2D eigenvalue weighted by atomic mass is 10.2. The lowest BCUT2D eigenvalue weighted by Crippen LogP contribution is -2.28. The molecular formula is C11H12N6O3. The summed E-state index contributed by atoms with van der Waals surface area (Å²) >= 11 is 0. The van der Waals surface area contributed by atoms with Crippen molar-refractivity contribution in [2.75, 3.05) is 0 Å². The highest BCUT2D eigenvalue weighted by molar-refractivity contribution is 5.94. The van der Waals surface area contributed by atoms with Crippen LogP contribution in [0.25, 0.3) is 0 Å². The summed E-state index contributed by atoms with van der Waals surface area (Å²) in [4.78, 5) is 26.8. The molecule has 2 aromatic heterocycles. The molecule has 3 N–H and O–H groups in total. The number of H-pyrrole nitrogens is 1. The number of rotatable bonds is 4. The number of carboxylic acid groups (broad SMARTS) is 1. The predicted octanol–water partition coefficient (Wildman–Crippen LogP) is 0.0923. The number of aromatic nitrogens is 5. The second-order valence-corrected chi connectivity index (χ2v) is 4.10. The SMILES string of the molecule is Cc1nc(C(=O)NC(C)c2nn[nH]n2)ccc1C(=O)O. The molecular weight excluding hydrogens is 264 g/mol. The molecule has 0 aromatic carbocycles. The molecule has 0 saturated heterocycles. The molecule has 0 aliphatic rings. The van der Waals surface area contributed by atoms with Gasteiger partial charge in [-0.1, -0.05) is 5.21 Å². The Hall–Kier alpha value is -2.84. The van der Waals surface area contributed by atoms with Crippen LogP contribution >= 0.6 is 0 Å². The molecule has 1 amide bonds. The van der Waals surface area contributed by atoms with E-state index < -0.39 is 17.9 Å². The Morgan fingerprint density at radius 1 is 1.40 bits per heavy atom. The van der Waals surface area contributed by atoms with Crippen LogP contribution < -0.4 is 5.32 Å². The number of nitrogens with one attached hydrogen (secondary N) is 2. The molecule has 1 atom stereocenters. The summed E-state index contributed by atoms with van der Waals surface area (Å²) < 4.78 is 0. The number of carbonyl (C=O) groups is 2. The minimum atomic E-state index is -1.08. The summed E-state index contributed by atoms with van der Waals surface area (Å²) in [6.45, 7) is 3.23. The van der Waals surface area contributed by atoms with E-state index in [-0.39, 0.29) is 17.0 Å². The summed E-state index contributed by atoms with van der Waals surface area (Å²) in [6.07, 6.45) is 0. The molecule has 104 valence electrons. The van der Waals surface area contributed by atoms with E-state index in [0.29, 0.717) is 5.82 Å². The minimum Gasteiger partial charge on any atom is -0.478 e. The van der Waals surface area contributed by atoms with Crippen molar-refractivity contribution in [3.63, 3.8) is 0 Å². The molecule has 1 unspecified atom stereocenters. The van der Waals surface area contributed by atoms with Crippen molar-refractivity contribution in [1.29, 1.82) is 0 Å². The van der Waals surface area contributed by atoms with Gasteiger partial charge in [-0.25, -0.2) is 9.78 Å². The van der Waals surface area contributed by atoms with Gasteiger partial charge in [-0.2, -0.15) is 5.21 Å². The fourth-order valence-corrected chi connectivity index (χ4v) is 1.60. The molecule has 2 heterocycles. The standard InChI is InChI=1S/C11H12N6O3/c1-5-7(11(19)20)3-4-8(12-5)10(18)13-6(2)9-14-16-17-15-9/h3-4,6H,1-2H3,(H,13,18)(H,19,20)(H,14,15,16,17). The Balaban J connectivity index is 2.14. The van der Waals surface area contributed by atoms with E-state index in [1.807, 2.05) is 0 Å². The van der Waals surface area contributed by atoms with Crippen LogP contribution in [-0.2, 0) is 0 Å². The third kappa shape index (κ3) is 2.76. The van der Waals surface area contributed by atoms with E-state index >= 15 is 0 Å². The number of nitrogens with zero attached hydrogens (tertiary/aromatic N) is 4. The molecule has 9 heteroatoms. The number of carboxylic acids is 1. The first-order valence-corrected chi connectivity index (χ1v) is 5.74. The van der Waals surface area contributed by atoms with E-state index in [2.05, 4.69) is 30.9 Å². The van der Waals surface area contributed by atoms with Crippen LogP contribution in [0.15, 0.2) is 12.1 Å². The highest BCUT2D eigenvalue weighted by atomic mass is 16.4. The second kappa shape index (κ2) is 5.43. The normalized spacial score (nSPS) is 11.9. The maximum Gasteiger partial charge on any atom is 0.337 e. The zero-order valence-corrected chi connectivity index (χ0v) is 10.8. The number of carbonyl (C=O) groups excluding carboxylic acids is 1. The van der Waals surface area contributed by atoms with Crippen LogP contribution in [0.5, 0.6) is 0 Å². The van der Waals surface area contributed by atoms with Gasteiger partial charge in [0.2, 0.25) is 0 Å². The van der Waals surface area contributed by atoms with E-state index in [0.717, 1.165) is 0 Å². The van der Waals surface area contributed by atoms with Gasteiger partial charge in [0.25, 0.3) is 5.91 Å². The van der Waals surface area contributed by atoms with Crippen molar-refractivity contribution in [2.45, 2.75) is 19.9 Å². The molecule has 0 aliphatic heterocycles. The highest BCUT2D eigenvalue weighted by Crippen LogP contribution is 2.09. The predicted molar refractivity (Wildman–Crippen MR) is 66.0 cm³/mol. The van der Waals surface area contributed by atoms with Crippen molar-refractivity contribution in [3.05, 3.63) is 34.9 Å². The molecule has 0 saturated carbocycles. The van der Waals surface area contributed by atoms with Crippen molar-refractivity contribution in [2.24, 2.45) is 0 Å². The van der Waals surface area contributed by atoms with E-state index in [4.69, 9.17) is 5.11 Å². The van der Waals surface area contributed by atoms with Crippen LogP contribution in [-0.4, -0.2) is 42.6 Å². The highest BCUT2D eigenvalue weighted by Gasteiger charge is 2.17. The van der Waals surface area contributed by atoms with Crippen LogP contribution in [0.2, 0.25) is 0 Å². The van der Waals surface area contributed by atoms with Gasteiger partial charge in [-0.15, -0.1) is 10.2 Å². The molecule has 0 aliphatic carbocycles. The number of aromatic amines is 1. The third-order valence-corrected chi connectivity index (χ3v) is 2.65. The third-order valence-electron chi connectivity index (χ3n) is 2.65. The number of tetrazole rings is 1. The number of aryl methyl sites for hydroxylation is 1. The van der Waals surface area contributed by atoms with E-state index in [1.165, 1.54) is 19.1 Å². The van der Waals surface area contributed by atoms with Gasteiger partial charge < -0.3 is 10.4 Å². The molecule has 0 spiro atoms.